The standard InChI is InChI=1S/C18H19ClN4O2/c1-5-14-15(10-11(2)20-16(14)19)12-6-8-13(9-7-12)23-17(25-4)21-22(3)18(23)24/h6-10H,5H2,1-4H3. The van der Waals surface area contributed by atoms with Crippen LogP contribution in [0.15, 0.2) is 35.1 Å². The van der Waals surface area contributed by atoms with Gasteiger partial charge in [-0.3, -0.25) is 0 Å². The summed E-state index contributed by atoms with van der Waals surface area (Å²) >= 11 is 6.29. The number of aromatic nitrogens is 4. The Balaban J connectivity index is 2.10. The predicted octanol–water partition coefficient (Wildman–Crippen LogP) is 3.17. The summed E-state index contributed by atoms with van der Waals surface area (Å²) in [4.78, 5) is 16.6. The lowest BCUT2D eigenvalue weighted by Crippen LogP contribution is -2.21. The predicted molar refractivity (Wildman–Crippen MR) is 97.7 cm³/mol. The van der Waals surface area contributed by atoms with Crippen molar-refractivity contribution in [3.05, 3.63) is 57.2 Å². The number of benzene rings is 1. The van der Waals surface area contributed by atoms with E-state index in [4.69, 9.17) is 16.3 Å². The summed E-state index contributed by atoms with van der Waals surface area (Å²) < 4.78 is 7.86. The Morgan fingerprint density at radius 2 is 1.92 bits per heavy atom. The van der Waals surface area contributed by atoms with Crippen molar-refractivity contribution in [2.24, 2.45) is 7.05 Å². The molecule has 0 saturated carbocycles. The molecule has 0 bridgehead atoms. The fourth-order valence-electron chi connectivity index (χ4n) is 2.84. The molecular weight excluding hydrogens is 340 g/mol. The van der Waals surface area contributed by atoms with Crippen LogP contribution in [0.4, 0.5) is 0 Å². The Morgan fingerprint density at radius 3 is 2.52 bits per heavy atom. The van der Waals surface area contributed by atoms with Crippen LogP contribution in [0.1, 0.15) is 18.2 Å². The normalized spacial score (nSPS) is 10.9. The second-order valence-corrected chi connectivity index (χ2v) is 6.07. The first-order chi connectivity index (χ1) is 12.0. The minimum absolute atomic E-state index is 0.247. The van der Waals surface area contributed by atoms with E-state index in [2.05, 4.69) is 17.0 Å². The molecule has 0 spiro atoms. The molecular formula is C18H19ClN4O2. The third-order valence-corrected chi connectivity index (χ3v) is 4.38. The minimum Gasteiger partial charge on any atom is -0.467 e. The number of hydrogen-bond donors (Lipinski definition) is 0. The van der Waals surface area contributed by atoms with Crippen LogP contribution in [-0.2, 0) is 13.5 Å². The van der Waals surface area contributed by atoms with Crippen LogP contribution < -0.4 is 10.4 Å². The molecule has 0 aliphatic rings. The third kappa shape index (κ3) is 3.05. The molecule has 3 aromatic rings. The highest BCUT2D eigenvalue weighted by Crippen LogP contribution is 2.30. The van der Waals surface area contributed by atoms with Gasteiger partial charge >= 0.3 is 11.7 Å². The molecule has 0 aliphatic heterocycles. The van der Waals surface area contributed by atoms with Crippen LogP contribution in [0.5, 0.6) is 6.01 Å². The molecule has 3 rings (SSSR count). The Bertz CT molecular complexity index is 974. The maximum atomic E-state index is 12.3. The average Bonchev–Trinajstić information content (AvgIpc) is 2.89. The van der Waals surface area contributed by atoms with Crippen molar-refractivity contribution in [1.82, 2.24) is 19.3 Å². The van der Waals surface area contributed by atoms with E-state index in [0.717, 1.165) is 28.8 Å². The summed E-state index contributed by atoms with van der Waals surface area (Å²) in [5.41, 5.74) is 4.37. The summed E-state index contributed by atoms with van der Waals surface area (Å²) in [7, 11) is 3.08. The molecule has 0 atom stereocenters. The minimum atomic E-state index is -0.262. The molecule has 2 heterocycles. The van der Waals surface area contributed by atoms with Crippen molar-refractivity contribution in [3.63, 3.8) is 0 Å². The van der Waals surface area contributed by atoms with Gasteiger partial charge in [0.15, 0.2) is 0 Å². The number of methoxy groups -OCH3 is 1. The molecule has 0 unspecified atom stereocenters. The van der Waals surface area contributed by atoms with Crippen molar-refractivity contribution in [2.45, 2.75) is 20.3 Å². The summed E-state index contributed by atoms with van der Waals surface area (Å²) in [5.74, 6) is 0. The van der Waals surface area contributed by atoms with Gasteiger partial charge < -0.3 is 4.74 Å². The number of pyridine rings is 1. The molecule has 6 nitrogen and oxygen atoms in total. The molecule has 2 aromatic heterocycles. The van der Waals surface area contributed by atoms with E-state index >= 15 is 0 Å². The molecule has 0 radical (unpaired) electrons. The zero-order valence-corrected chi connectivity index (χ0v) is 15.3. The van der Waals surface area contributed by atoms with E-state index in [-0.39, 0.29) is 11.7 Å². The van der Waals surface area contributed by atoms with Crippen LogP contribution >= 0.6 is 11.6 Å². The van der Waals surface area contributed by atoms with Gasteiger partial charge in [-0.25, -0.2) is 19.0 Å². The Morgan fingerprint density at radius 1 is 1.24 bits per heavy atom. The fraction of sp³-hybridized carbons (Fsp3) is 0.278. The van der Waals surface area contributed by atoms with E-state index < -0.39 is 0 Å². The fourth-order valence-corrected chi connectivity index (χ4v) is 3.21. The molecule has 0 aliphatic carbocycles. The smallest absolute Gasteiger partial charge is 0.353 e. The van der Waals surface area contributed by atoms with Crippen LogP contribution in [0.2, 0.25) is 5.15 Å². The van der Waals surface area contributed by atoms with Gasteiger partial charge in [-0.05, 0) is 48.2 Å². The van der Waals surface area contributed by atoms with Crippen molar-refractivity contribution in [1.29, 1.82) is 0 Å². The number of nitrogens with zero attached hydrogens (tertiary/aromatic N) is 4. The van der Waals surface area contributed by atoms with E-state index in [1.165, 1.54) is 16.4 Å². The number of ether oxygens (including phenoxy) is 1. The topological polar surface area (TPSA) is 61.9 Å². The lowest BCUT2D eigenvalue weighted by Gasteiger charge is -2.12. The number of aryl methyl sites for hydroxylation is 2. The van der Waals surface area contributed by atoms with Gasteiger partial charge in [0.2, 0.25) is 0 Å². The zero-order chi connectivity index (χ0) is 18.1. The van der Waals surface area contributed by atoms with Crippen LogP contribution in [0.25, 0.3) is 16.8 Å². The van der Waals surface area contributed by atoms with Gasteiger partial charge in [0, 0.05) is 12.7 Å². The molecule has 7 heteroatoms. The quantitative estimate of drug-likeness (QED) is 0.672. The van der Waals surface area contributed by atoms with Gasteiger partial charge in [-0.2, -0.15) is 0 Å². The van der Waals surface area contributed by atoms with Crippen molar-refractivity contribution in [2.75, 3.05) is 7.11 Å². The van der Waals surface area contributed by atoms with Gasteiger partial charge in [-0.15, -0.1) is 5.10 Å². The summed E-state index contributed by atoms with van der Waals surface area (Å²) in [6, 6.07) is 9.92. The molecule has 0 fully saturated rings. The largest absolute Gasteiger partial charge is 0.467 e. The second kappa shape index (κ2) is 6.72. The number of halogens is 1. The van der Waals surface area contributed by atoms with Crippen molar-refractivity contribution < 1.29 is 4.74 Å². The number of rotatable bonds is 4. The van der Waals surface area contributed by atoms with E-state index in [0.29, 0.717) is 10.8 Å². The van der Waals surface area contributed by atoms with Gasteiger partial charge in [0.1, 0.15) is 5.15 Å². The van der Waals surface area contributed by atoms with Gasteiger partial charge in [0.25, 0.3) is 0 Å². The second-order valence-electron chi connectivity index (χ2n) is 5.71. The van der Waals surface area contributed by atoms with Crippen LogP contribution in [0, 0.1) is 6.92 Å². The van der Waals surface area contributed by atoms with Crippen LogP contribution in [0.3, 0.4) is 0 Å². The highest BCUT2D eigenvalue weighted by Gasteiger charge is 2.15. The third-order valence-electron chi connectivity index (χ3n) is 4.07. The lowest BCUT2D eigenvalue weighted by atomic mass is 9.99. The first-order valence-corrected chi connectivity index (χ1v) is 8.31. The maximum absolute atomic E-state index is 12.3. The van der Waals surface area contributed by atoms with Crippen molar-refractivity contribution in [3.8, 4) is 22.8 Å². The number of hydrogen-bond acceptors (Lipinski definition) is 4. The van der Waals surface area contributed by atoms with E-state index in [1.54, 1.807) is 7.05 Å². The van der Waals surface area contributed by atoms with Crippen LogP contribution in [-0.4, -0.2) is 26.4 Å². The first kappa shape index (κ1) is 17.2. The Kier molecular flexibility index (Phi) is 4.63. The SMILES string of the molecule is CCc1c(-c2ccc(-n3c(OC)nn(C)c3=O)cc2)cc(C)nc1Cl. The average molecular weight is 359 g/mol. The van der Waals surface area contributed by atoms with Gasteiger partial charge in [-0.1, -0.05) is 30.7 Å². The lowest BCUT2D eigenvalue weighted by molar-refractivity contribution is 0.368. The molecule has 130 valence electrons. The monoisotopic (exact) mass is 358 g/mol. The molecule has 25 heavy (non-hydrogen) atoms. The molecule has 1 aromatic carbocycles. The maximum Gasteiger partial charge on any atom is 0.353 e. The zero-order valence-electron chi connectivity index (χ0n) is 14.6. The molecule has 0 saturated heterocycles. The summed E-state index contributed by atoms with van der Waals surface area (Å²) in [6.07, 6.45) is 0.791. The molecule has 0 N–H and O–H groups in total. The first-order valence-electron chi connectivity index (χ1n) is 7.93. The summed E-state index contributed by atoms with van der Waals surface area (Å²) in [5, 5.41) is 4.59. The van der Waals surface area contributed by atoms with E-state index in [9.17, 15) is 4.79 Å². The van der Waals surface area contributed by atoms with Gasteiger partial charge in [0.05, 0.1) is 12.8 Å². The van der Waals surface area contributed by atoms with E-state index in [1.807, 2.05) is 37.3 Å². The molecule has 0 amide bonds. The summed E-state index contributed by atoms with van der Waals surface area (Å²) in [6.45, 7) is 3.97. The highest BCUT2D eigenvalue weighted by atomic mass is 35.5. The highest BCUT2D eigenvalue weighted by molar-refractivity contribution is 6.30. The Hall–Kier alpha value is -2.60. The van der Waals surface area contributed by atoms with Crippen molar-refractivity contribution >= 4 is 11.6 Å². The Labute approximate surface area is 150 Å².